The first-order chi connectivity index (χ1) is 15.9. The second-order valence-corrected chi connectivity index (χ2v) is 9.20. The van der Waals surface area contributed by atoms with Gasteiger partial charge in [-0.05, 0) is 21.6 Å². The minimum Gasteiger partial charge on any atom is -0.477 e. The van der Waals surface area contributed by atoms with Crippen molar-refractivity contribution in [3.8, 4) is 12.3 Å². The van der Waals surface area contributed by atoms with Crippen LogP contribution in [0.15, 0.2) is 46.8 Å². The lowest BCUT2D eigenvalue weighted by Gasteiger charge is -2.49. The smallest absolute Gasteiger partial charge is 0.352 e. The summed E-state index contributed by atoms with van der Waals surface area (Å²) in [6.45, 7) is 0.189. The highest BCUT2D eigenvalue weighted by molar-refractivity contribution is 8.01. The number of nitrogens with zero attached hydrogens (tertiary/aromatic N) is 5. The van der Waals surface area contributed by atoms with E-state index in [4.69, 9.17) is 12.2 Å². The molecule has 0 aliphatic carbocycles. The van der Waals surface area contributed by atoms with Gasteiger partial charge in [0, 0.05) is 11.5 Å². The molecule has 11 nitrogen and oxygen atoms in total. The molecule has 4 N–H and O–H groups in total. The highest BCUT2D eigenvalue weighted by atomic mass is 32.2. The fourth-order valence-electron chi connectivity index (χ4n) is 3.49. The summed E-state index contributed by atoms with van der Waals surface area (Å²) in [6, 6.07) is 7.02. The van der Waals surface area contributed by atoms with Crippen molar-refractivity contribution in [1.29, 1.82) is 0 Å². The summed E-state index contributed by atoms with van der Waals surface area (Å²) >= 11 is 2.61. The Morgan fingerprint density at radius 2 is 2.15 bits per heavy atom. The molecule has 3 atom stereocenters. The van der Waals surface area contributed by atoms with Crippen LogP contribution >= 0.6 is 23.5 Å². The molecule has 33 heavy (non-hydrogen) atoms. The lowest BCUT2D eigenvalue weighted by molar-refractivity contribution is -0.150. The molecule has 2 aliphatic rings. The van der Waals surface area contributed by atoms with Crippen LogP contribution in [0.1, 0.15) is 11.6 Å². The van der Waals surface area contributed by atoms with Crippen LogP contribution < -0.4 is 11.1 Å². The lowest BCUT2D eigenvalue weighted by atomic mass is 10.0. The Morgan fingerprint density at radius 1 is 1.39 bits per heavy atom. The number of rotatable bonds is 8. The first kappa shape index (κ1) is 22.8. The van der Waals surface area contributed by atoms with Crippen LogP contribution in [-0.4, -0.2) is 70.9 Å². The van der Waals surface area contributed by atoms with Gasteiger partial charge in [-0.25, -0.2) is 9.48 Å². The average molecular weight is 486 g/mol. The van der Waals surface area contributed by atoms with Crippen molar-refractivity contribution in [3.05, 3.63) is 47.2 Å². The molecule has 3 heterocycles. The maximum absolute atomic E-state index is 12.8. The molecule has 1 aromatic heterocycles. The third kappa shape index (κ3) is 4.45. The Hall–Kier alpha value is -3.34. The maximum Gasteiger partial charge on any atom is 0.352 e. The normalized spacial score (nSPS) is 20.5. The van der Waals surface area contributed by atoms with E-state index in [-0.39, 0.29) is 18.0 Å². The topological polar surface area (TPSA) is 156 Å². The van der Waals surface area contributed by atoms with E-state index >= 15 is 0 Å². The van der Waals surface area contributed by atoms with Gasteiger partial charge in [0.2, 0.25) is 11.1 Å². The highest BCUT2D eigenvalue weighted by Crippen LogP contribution is 2.41. The van der Waals surface area contributed by atoms with Crippen molar-refractivity contribution in [2.75, 3.05) is 11.5 Å². The lowest BCUT2D eigenvalue weighted by Crippen LogP contribution is -2.71. The Morgan fingerprint density at radius 3 is 2.85 bits per heavy atom. The van der Waals surface area contributed by atoms with Crippen LogP contribution in [0.2, 0.25) is 0 Å². The number of nitrogens with two attached hydrogens (primary N) is 1. The fourth-order valence-corrected chi connectivity index (χ4v) is 5.85. The molecule has 170 valence electrons. The molecule has 0 saturated carbocycles. The van der Waals surface area contributed by atoms with Crippen LogP contribution in [0.3, 0.4) is 0 Å². The number of aromatic nitrogens is 4. The molecule has 1 saturated heterocycles. The van der Waals surface area contributed by atoms with Crippen LogP contribution in [0.25, 0.3) is 0 Å². The van der Waals surface area contributed by atoms with Crippen LogP contribution in [0, 0.1) is 12.3 Å². The number of fused-ring (bicyclic) bond motifs is 1. The summed E-state index contributed by atoms with van der Waals surface area (Å²) in [5.41, 5.74) is 7.11. The Labute approximate surface area is 197 Å². The second kappa shape index (κ2) is 9.65. The van der Waals surface area contributed by atoms with Gasteiger partial charge in [0.25, 0.3) is 5.91 Å². The summed E-state index contributed by atoms with van der Waals surface area (Å²) < 4.78 is 1.43. The van der Waals surface area contributed by atoms with Gasteiger partial charge >= 0.3 is 5.97 Å². The molecule has 0 spiro atoms. The van der Waals surface area contributed by atoms with E-state index < -0.39 is 35.2 Å². The SMILES string of the molecule is C#CCn1nnnc1SCC1=C(C(=O)O)N2C(=O)C(NC(=O)C(N)c3ccccc3)[C@H]2SC1. The van der Waals surface area contributed by atoms with E-state index in [1.807, 2.05) is 6.07 Å². The van der Waals surface area contributed by atoms with Gasteiger partial charge in [0.1, 0.15) is 29.7 Å². The maximum atomic E-state index is 12.8. The zero-order valence-corrected chi connectivity index (χ0v) is 18.8. The number of benzene rings is 1. The van der Waals surface area contributed by atoms with Gasteiger partial charge in [-0.15, -0.1) is 23.3 Å². The van der Waals surface area contributed by atoms with E-state index in [1.54, 1.807) is 24.3 Å². The standard InChI is InChI=1S/C20H19N7O4S2/c1-2-8-26-20(23-24-25-26)33-10-12-9-32-18-14(17(29)27(18)15(12)19(30)31)22-16(28)13(21)11-6-4-3-5-7-11/h1,3-7,13-14,18H,8-10,21H2,(H,22,28)(H,30,31)/t13?,14?,18-/m1/s1. The van der Waals surface area contributed by atoms with Gasteiger partial charge in [0.05, 0.1) is 0 Å². The number of aliphatic carboxylic acids is 1. The average Bonchev–Trinajstić information content (AvgIpc) is 3.27. The number of terminal acetylenes is 1. The number of carboxylic acid groups (broad SMARTS) is 1. The third-order valence-corrected chi connectivity index (χ3v) is 7.49. The molecule has 4 rings (SSSR count). The summed E-state index contributed by atoms with van der Waals surface area (Å²) in [5.74, 6) is 0.888. The molecule has 0 bridgehead atoms. The predicted molar refractivity (Wildman–Crippen MR) is 120 cm³/mol. The van der Waals surface area contributed by atoms with Gasteiger partial charge in [-0.1, -0.05) is 48.0 Å². The second-order valence-electron chi connectivity index (χ2n) is 7.15. The number of hydrogen-bond acceptors (Lipinski definition) is 9. The molecule has 1 fully saturated rings. The molecule has 0 radical (unpaired) electrons. The predicted octanol–water partition coefficient (Wildman–Crippen LogP) is -0.163. The van der Waals surface area contributed by atoms with Crippen molar-refractivity contribution in [1.82, 2.24) is 30.4 Å². The van der Waals surface area contributed by atoms with Gasteiger partial charge in [0.15, 0.2) is 0 Å². The number of amides is 2. The minimum absolute atomic E-state index is 0.0786. The van der Waals surface area contributed by atoms with Crippen LogP contribution in [0.4, 0.5) is 0 Å². The minimum atomic E-state index is -1.21. The van der Waals surface area contributed by atoms with Gasteiger partial charge in [-0.2, -0.15) is 0 Å². The molecule has 1 aromatic carbocycles. The van der Waals surface area contributed by atoms with Crippen molar-refractivity contribution in [3.63, 3.8) is 0 Å². The molecule has 2 amide bonds. The summed E-state index contributed by atoms with van der Waals surface area (Å²) in [6.07, 6.45) is 5.30. The molecule has 13 heteroatoms. The van der Waals surface area contributed by atoms with Crippen LogP contribution in [0.5, 0.6) is 0 Å². The monoisotopic (exact) mass is 485 g/mol. The van der Waals surface area contributed by atoms with Gasteiger partial charge in [-0.3, -0.25) is 14.5 Å². The highest BCUT2D eigenvalue weighted by Gasteiger charge is 2.54. The van der Waals surface area contributed by atoms with Crippen molar-refractivity contribution >= 4 is 41.3 Å². The summed E-state index contributed by atoms with van der Waals surface area (Å²) in [4.78, 5) is 38.6. The van der Waals surface area contributed by atoms with Gasteiger partial charge < -0.3 is 16.2 Å². The number of tetrazole rings is 1. The third-order valence-electron chi connectivity index (χ3n) is 5.10. The van der Waals surface area contributed by atoms with Crippen LogP contribution in [-0.2, 0) is 20.9 Å². The van der Waals surface area contributed by atoms with E-state index in [0.29, 0.717) is 22.0 Å². The van der Waals surface area contributed by atoms with Crippen molar-refractivity contribution in [2.24, 2.45) is 5.73 Å². The largest absolute Gasteiger partial charge is 0.477 e. The van der Waals surface area contributed by atoms with E-state index in [2.05, 4.69) is 26.8 Å². The molecule has 2 aromatic rings. The number of nitrogens with one attached hydrogen (secondary N) is 1. The van der Waals surface area contributed by atoms with Crippen molar-refractivity contribution in [2.45, 2.75) is 29.2 Å². The quantitative estimate of drug-likeness (QED) is 0.261. The molecule has 2 unspecified atom stereocenters. The number of carbonyl (C=O) groups is 3. The van der Waals surface area contributed by atoms with E-state index in [0.717, 1.165) is 0 Å². The fraction of sp³-hybridized carbons (Fsp3) is 0.300. The first-order valence-electron chi connectivity index (χ1n) is 9.75. The number of β-lactam (4-membered cyclic amide) rings is 1. The zero-order chi connectivity index (χ0) is 23.5. The summed E-state index contributed by atoms with van der Waals surface area (Å²) in [5, 5.41) is 23.7. The number of hydrogen-bond donors (Lipinski definition) is 3. The number of thioether (sulfide) groups is 2. The molecular formula is C20H19N7O4S2. The van der Waals surface area contributed by atoms with E-state index in [1.165, 1.54) is 33.1 Å². The number of carbonyl (C=O) groups excluding carboxylic acids is 2. The molecular weight excluding hydrogens is 466 g/mol. The zero-order valence-electron chi connectivity index (χ0n) is 17.1. The van der Waals surface area contributed by atoms with Crippen molar-refractivity contribution < 1.29 is 19.5 Å². The molecule has 2 aliphatic heterocycles. The number of carboxylic acids is 1. The Kier molecular flexibility index (Phi) is 6.68. The Bertz CT molecular complexity index is 1160. The van der Waals surface area contributed by atoms with E-state index in [9.17, 15) is 19.5 Å². The first-order valence-corrected chi connectivity index (χ1v) is 11.8. The summed E-state index contributed by atoms with van der Waals surface area (Å²) in [7, 11) is 0. The Balaban J connectivity index is 1.46.